The molecule has 24 heavy (non-hydrogen) atoms. The first kappa shape index (κ1) is 18.9. The molecule has 2 aliphatic rings. The average molecular weight is 365 g/mol. The van der Waals surface area contributed by atoms with E-state index in [2.05, 4.69) is 0 Å². The standard InChI is InChI=1S/C16H19F3N2O2.ClH/c17-16(18,19)11-2-1-3-12(6-11)23-9-15(22)21-7-10-4-5-14(20)13(10)8-21;/h1-3,6,10,13-14H,4-5,7-9,20H2;1H. The molecule has 2 fully saturated rings. The van der Waals surface area contributed by atoms with Crippen LogP contribution in [0.4, 0.5) is 13.2 Å². The molecule has 0 spiro atoms. The van der Waals surface area contributed by atoms with Gasteiger partial charge in [0.25, 0.3) is 5.91 Å². The van der Waals surface area contributed by atoms with Crippen LogP contribution in [-0.2, 0) is 11.0 Å². The van der Waals surface area contributed by atoms with Crippen LogP contribution >= 0.6 is 12.4 Å². The maximum absolute atomic E-state index is 12.6. The van der Waals surface area contributed by atoms with Gasteiger partial charge in [0.1, 0.15) is 5.75 Å². The highest BCUT2D eigenvalue weighted by Gasteiger charge is 2.42. The lowest BCUT2D eigenvalue weighted by Gasteiger charge is -2.19. The van der Waals surface area contributed by atoms with Gasteiger partial charge in [0.2, 0.25) is 0 Å². The fourth-order valence-electron chi connectivity index (χ4n) is 3.51. The molecule has 1 amide bonds. The van der Waals surface area contributed by atoms with Crippen molar-refractivity contribution in [2.24, 2.45) is 17.6 Å². The van der Waals surface area contributed by atoms with Gasteiger partial charge in [-0.15, -0.1) is 12.4 Å². The zero-order valence-electron chi connectivity index (χ0n) is 13.0. The Balaban J connectivity index is 0.00000208. The quantitative estimate of drug-likeness (QED) is 0.897. The number of hydrogen-bond donors (Lipinski definition) is 1. The molecule has 1 aromatic carbocycles. The lowest BCUT2D eigenvalue weighted by molar-refractivity contribution is -0.137. The second-order valence-corrected chi connectivity index (χ2v) is 6.28. The zero-order chi connectivity index (χ0) is 16.6. The summed E-state index contributed by atoms with van der Waals surface area (Å²) in [4.78, 5) is 13.9. The van der Waals surface area contributed by atoms with E-state index in [9.17, 15) is 18.0 Å². The highest BCUT2D eigenvalue weighted by atomic mass is 35.5. The van der Waals surface area contributed by atoms with Crippen LogP contribution in [0, 0.1) is 11.8 Å². The number of rotatable bonds is 3. The maximum atomic E-state index is 12.6. The van der Waals surface area contributed by atoms with Gasteiger partial charge < -0.3 is 15.4 Å². The monoisotopic (exact) mass is 364 g/mol. The van der Waals surface area contributed by atoms with Gasteiger partial charge >= 0.3 is 6.18 Å². The third kappa shape index (κ3) is 3.95. The van der Waals surface area contributed by atoms with E-state index in [1.807, 2.05) is 0 Å². The van der Waals surface area contributed by atoms with Gasteiger partial charge in [0.15, 0.2) is 6.61 Å². The summed E-state index contributed by atoms with van der Waals surface area (Å²) in [6.07, 6.45) is -2.39. The van der Waals surface area contributed by atoms with Crippen molar-refractivity contribution in [2.75, 3.05) is 19.7 Å². The Morgan fingerprint density at radius 1 is 1.29 bits per heavy atom. The fourth-order valence-corrected chi connectivity index (χ4v) is 3.51. The minimum absolute atomic E-state index is 0. The van der Waals surface area contributed by atoms with Crippen molar-refractivity contribution in [2.45, 2.75) is 25.1 Å². The van der Waals surface area contributed by atoms with Crippen LogP contribution < -0.4 is 10.5 Å². The van der Waals surface area contributed by atoms with Crippen LogP contribution in [0.3, 0.4) is 0 Å². The molecule has 1 saturated carbocycles. The summed E-state index contributed by atoms with van der Waals surface area (Å²) < 4.78 is 43.2. The smallest absolute Gasteiger partial charge is 0.416 e. The molecule has 1 heterocycles. The SMILES string of the molecule is Cl.NC1CCC2CN(C(=O)COc3cccc(C(F)(F)F)c3)CC12. The maximum Gasteiger partial charge on any atom is 0.416 e. The molecular formula is C16H20ClF3N2O2. The van der Waals surface area contributed by atoms with Crippen LogP contribution in [0.25, 0.3) is 0 Å². The minimum atomic E-state index is -4.42. The van der Waals surface area contributed by atoms with Gasteiger partial charge in [0, 0.05) is 19.1 Å². The van der Waals surface area contributed by atoms with E-state index in [-0.39, 0.29) is 36.7 Å². The second kappa shape index (κ2) is 7.19. The molecule has 3 unspecified atom stereocenters. The highest BCUT2D eigenvalue weighted by molar-refractivity contribution is 5.85. The molecule has 0 aromatic heterocycles. The highest BCUT2D eigenvalue weighted by Crippen LogP contribution is 2.37. The number of fused-ring (bicyclic) bond motifs is 1. The molecular weight excluding hydrogens is 345 g/mol. The second-order valence-electron chi connectivity index (χ2n) is 6.28. The summed E-state index contributed by atoms with van der Waals surface area (Å²) in [5.41, 5.74) is 5.24. The first-order valence-electron chi connectivity index (χ1n) is 7.68. The van der Waals surface area contributed by atoms with Crippen molar-refractivity contribution in [3.05, 3.63) is 29.8 Å². The lowest BCUT2D eigenvalue weighted by Crippen LogP contribution is -2.36. The Bertz CT molecular complexity index is 597. The third-order valence-electron chi connectivity index (χ3n) is 4.79. The fraction of sp³-hybridized carbons (Fsp3) is 0.562. The minimum Gasteiger partial charge on any atom is -0.484 e. The predicted molar refractivity (Wildman–Crippen MR) is 85.0 cm³/mol. The summed E-state index contributed by atoms with van der Waals surface area (Å²) in [7, 11) is 0. The van der Waals surface area contributed by atoms with Crippen LogP contribution in [0.5, 0.6) is 5.75 Å². The molecule has 3 rings (SSSR count). The van der Waals surface area contributed by atoms with Crippen molar-refractivity contribution < 1.29 is 22.7 Å². The number of halogens is 4. The number of carbonyl (C=O) groups is 1. The van der Waals surface area contributed by atoms with E-state index in [1.54, 1.807) is 4.90 Å². The molecule has 3 atom stereocenters. The van der Waals surface area contributed by atoms with E-state index in [0.717, 1.165) is 25.0 Å². The largest absolute Gasteiger partial charge is 0.484 e. The van der Waals surface area contributed by atoms with Gasteiger partial charge in [-0.1, -0.05) is 6.07 Å². The van der Waals surface area contributed by atoms with Crippen LogP contribution in [-0.4, -0.2) is 36.5 Å². The number of hydrogen-bond acceptors (Lipinski definition) is 3. The number of benzene rings is 1. The number of nitrogens with zero attached hydrogens (tertiary/aromatic N) is 1. The van der Waals surface area contributed by atoms with Crippen LogP contribution in [0.1, 0.15) is 18.4 Å². The van der Waals surface area contributed by atoms with Crippen molar-refractivity contribution in [1.82, 2.24) is 4.90 Å². The molecule has 8 heteroatoms. The number of ether oxygens (including phenoxy) is 1. The van der Waals surface area contributed by atoms with E-state index >= 15 is 0 Å². The molecule has 4 nitrogen and oxygen atoms in total. The van der Waals surface area contributed by atoms with E-state index in [1.165, 1.54) is 12.1 Å². The number of nitrogens with two attached hydrogens (primary N) is 1. The van der Waals surface area contributed by atoms with Crippen LogP contribution in [0.2, 0.25) is 0 Å². The topological polar surface area (TPSA) is 55.6 Å². The summed E-state index contributed by atoms with van der Waals surface area (Å²) >= 11 is 0. The molecule has 2 N–H and O–H groups in total. The van der Waals surface area contributed by atoms with Crippen molar-refractivity contribution in [1.29, 1.82) is 0 Å². The Hall–Kier alpha value is -1.47. The Morgan fingerprint density at radius 2 is 2.04 bits per heavy atom. The Morgan fingerprint density at radius 3 is 2.71 bits per heavy atom. The molecule has 134 valence electrons. The first-order chi connectivity index (χ1) is 10.8. The lowest BCUT2D eigenvalue weighted by atomic mass is 9.98. The average Bonchev–Trinajstić information content (AvgIpc) is 3.07. The number of carbonyl (C=O) groups excluding carboxylic acids is 1. The van der Waals surface area contributed by atoms with Crippen molar-refractivity contribution in [3.8, 4) is 5.75 Å². The van der Waals surface area contributed by atoms with E-state index in [0.29, 0.717) is 24.9 Å². The summed E-state index contributed by atoms with van der Waals surface area (Å²) in [5, 5.41) is 0. The van der Waals surface area contributed by atoms with Gasteiger partial charge in [0.05, 0.1) is 5.56 Å². The van der Waals surface area contributed by atoms with Crippen LogP contribution in [0.15, 0.2) is 24.3 Å². The first-order valence-corrected chi connectivity index (χ1v) is 7.68. The molecule has 1 aromatic rings. The Kier molecular flexibility index (Phi) is 5.65. The van der Waals surface area contributed by atoms with E-state index in [4.69, 9.17) is 10.5 Å². The van der Waals surface area contributed by atoms with E-state index < -0.39 is 11.7 Å². The van der Waals surface area contributed by atoms with Crippen molar-refractivity contribution >= 4 is 18.3 Å². The summed E-state index contributed by atoms with van der Waals surface area (Å²) in [5.74, 6) is 0.628. The normalized spacial score (nSPS) is 26.0. The zero-order valence-corrected chi connectivity index (χ0v) is 13.8. The number of likely N-dealkylation sites (tertiary alicyclic amines) is 1. The summed E-state index contributed by atoms with van der Waals surface area (Å²) in [6.45, 7) is 1.04. The third-order valence-corrected chi connectivity index (χ3v) is 4.79. The molecule has 1 saturated heterocycles. The molecule has 1 aliphatic heterocycles. The summed E-state index contributed by atoms with van der Waals surface area (Å²) in [6, 6.07) is 4.70. The van der Waals surface area contributed by atoms with Gasteiger partial charge in [-0.3, -0.25) is 4.79 Å². The molecule has 0 bridgehead atoms. The van der Waals surface area contributed by atoms with Gasteiger partial charge in [-0.25, -0.2) is 0 Å². The number of alkyl halides is 3. The van der Waals surface area contributed by atoms with Crippen molar-refractivity contribution in [3.63, 3.8) is 0 Å². The predicted octanol–water partition coefficient (Wildman–Crippen LogP) is 2.70. The number of amides is 1. The molecule has 0 radical (unpaired) electrons. The van der Waals surface area contributed by atoms with Gasteiger partial charge in [-0.2, -0.15) is 13.2 Å². The molecule has 1 aliphatic carbocycles. The van der Waals surface area contributed by atoms with Gasteiger partial charge in [-0.05, 0) is 42.9 Å². The Labute approximate surface area is 144 Å².